The van der Waals surface area contributed by atoms with E-state index in [9.17, 15) is 9.90 Å². The second-order valence-electron chi connectivity index (χ2n) is 13.9. The molecule has 0 N–H and O–H groups in total. The summed E-state index contributed by atoms with van der Waals surface area (Å²) >= 11 is 0. The summed E-state index contributed by atoms with van der Waals surface area (Å²) in [5.74, 6) is -0.995. The Morgan fingerprint density at radius 3 is 0.540 bits per heavy atom. The fourth-order valence-corrected chi connectivity index (χ4v) is 30.2. The number of nitrogens with zero attached hydrogens (tertiary/aromatic N) is 16. The summed E-state index contributed by atoms with van der Waals surface area (Å²) in [4.78, 5) is 9.26. The number of hydrogen-bond acceptors (Lipinski definition) is 6. The van der Waals surface area contributed by atoms with E-state index < -0.39 is 43.9 Å². The van der Waals surface area contributed by atoms with Crippen molar-refractivity contribution in [3.8, 4) is 0 Å². The van der Waals surface area contributed by atoms with Gasteiger partial charge in [0.15, 0.2) is 0 Å². The van der Waals surface area contributed by atoms with Gasteiger partial charge in [0, 0.05) is 5.97 Å². The standard InChI is InChI=1S/C24H72N16P5.C3H6O2/c1-29(2)42(30(3)4,31(5)6)25-41(26-43(32(7)8,33(9)10)34(11)12,27-44(35(13)14,36(15)16)37(17)18)28-45(38(19)20,39(21)22)40(23)24;1-2-3(4)5/h1-24H3;2H2,1H3,(H,4,5)/q+1;/p-1. The van der Waals surface area contributed by atoms with Gasteiger partial charge in [-0.1, -0.05) is 6.92 Å². The van der Waals surface area contributed by atoms with Gasteiger partial charge in [0.25, 0.3) is 0 Å². The Hall–Kier alpha value is 0.340. The van der Waals surface area contributed by atoms with E-state index in [1.807, 2.05) is 0 Å². The van der Waals surface area contributed by atoms with Crippen molar-refractivity contribution in [3.05, 3.63) is 0 Å². The van der Waals surface area contributed by atoms with Gasteiger partial charge in [-0.15, -0.1) is 0 Å². The Morgan fingerprint density at radius 2 is 0.480 bits per heavy atom. The lowest BCUT2D eigenvalue weighted by Crippen LogP contribution is -2.33. The molecular formula is C27H77N16O2P5. The molecule has 0 aliphatic rings. The summed E-state index contributed by atoms with van der Waals surface area (Å²) in [5, 5.41) is 9.26. The third-order valence-corrected chi connectivity index (χ3v) is 28.2. The van der Waals surface area contributed by atoms with Crippen LogP contribution in [0.5, 0.6) is 0 Å². The quantitative estimate of drug-likeness (QED) is 0.193. The lowest BCUT2D eigenvalue weighted by Gasteiger charge is -2.44. The maximum absolute atomic E-state index is 9.26. The van der Waals surface area contributed by atoms with E-state index in [0.717, 1.165) is 0 Å². The minimum Gasteiger partial charge on any atom is -0.550 e. The van der Waals surface area contributed by atoms with Crippen molar-refractivity contribution >= 4 is 43.9 Å². The molecule has 0 spiro atoms. The molecular weight excluding hydrogens is 735 g/mol. The molecule has 0 saturated heterocycles. The molecule has 0 unspecified atom stereocenters. The molecule has 0 saturated carbocycles. The van der Waals surface area contributed by atoms with Crippen LogP contribution in [-0.2, 0) is 4.79 Å². The number of carbonyl (C=O) groups excluding carboxylic acids is 1. The first kappa shape index (κ1) is 52.4. The average molecular weight is 813 g/mol. The Bertz CT molecular complexity index is 999. The van der Waals surface area contributed by atoms with Crippen LogP contribution in [0, 0.1) is 0 Å². The summed E-state index contributed by atoms with van der Waals surface area (Å²) in [6, 6.07) is 0. The van der Waals surface area contributed by atoms with Crippen LogP contribution in [0.15, 0.2) is 18.1 Å². The van der Waals surface area contributed by atoms with Gasteiger partial charge in [-0.3, -0.25) is 0 Å². The highest BCUT2D eigenvalue weighted by molar-refractivity contribution is 7.87. The average Bonchev–Trinajstić information content (AvgIpc) is 2.94. The van der Waals surface area contributed by atoms with Gasteiger partial charge in [0.05, 0.1) is 0 Å². The van der Waals surface area contributed by atoms with Gasteiger partial charge in [-0.25, -0.2) is 56.0 Å². The topological polar surface area (TPSA) is 128 Å². The predicted octanol–water partition coefficient (Wildman–Crippen LogP) is 4.33. The van der Waals surface area contributed by atoms with Crippen LogP contribution in [-0.4, -0.2) is 231 Å². The minimum atomic E-state index is -3.43. The fourth-order valence-electron chi connectivity index (χ4n) is 6.00. The zero-order valence-electron chi connectivity index (χ0n) is 36.4. The van der Waals surface area contributed by atoms with E-state index in [0.29, 0.717) is 0 Å². The Kier molecular flexibility index (Phi) is 21.9. The monoisotopic (exact) mass is 813 g/mol. The molecule has 0 aliphatic carbocycles. The van der Waals surface area contributed by atoms with E-state index in [4.69, 9.17) is 18.1 Å². The molecule has 0 radical (unpaired) electrons. The summed E-state index contributed by atoms with van der Waals surface area (Å²) in [6.07, 6.45) is 0.111. The molecule has 0 aliphatic heterocycles. The molecule has 0 aromatic heterocycles. The van der Waals surface area contributed by atoms with Crippen molar-refractivity contribution in [2.75, 3.05) is 169 Å². The van der Waals surface area contributed by atoms with Crippen LogP contribution < -0.4 is 5.11 Å². The van der Waals surface area contributed by atoms with Gasteiger partial charge in [-0.05, 0) is 194 Å². The van der Waals surface area contributed by atoms with Crippen LogP contribution in [0.4, 0.5) is 0 Å². The van der Waals surface area contributed by atoms with Crippen molar-refractivity contribution < 1.29 is 9.90 Å². The first-order valence-electron chi connectivity index (χ1n) is 16.2. The smallest absolute Gasteiger partial charge is 0.502 e. The third kappa shape index (κ3) is 11.2. The van der Waals surface area contributed by atoms with Crippen molar-refractivity contribution in [2.24, 2.45) is 18.1 Å². The van der Waals surface area contributed by atoms with E-state index in [2.05, 4.69) is 225 Å². The predicted molar refractivity (Wildman–Crippen MR) is 224 cm³/mol. The number of aliphatic carboxylic acids is 1. The summed E-state index contributed by atoms with van der Waals surface area (Å²) in [7, 11) is 36.8. The van der Waals surface area contributed by atoms with Gasteiger partial charge in [0.1, 0.15) is 0 Å². The van der Waals surface area contributed by atoms with E-state index in [1.165, 1.54) is 6.92 Å². The van der Waals surface area contributed by atoms with Gasteiger partial charge >= 0.3 is 7.87 Å². The Balaban J connectivity index is 0. The zero-order chi connectivity index (χ0) is 40.5. The molecule has 0 aromatic carbocycles. The van der Waals surface area contributed by atoms with E-state index >= 15 is 0 Å². The highest BCUT2D eigenvalue weighted by Gasteiger charge is 2.56. The van der Waals surface area contributed by atoms with E-state index in [-0.39, 0.29) is 6.42 Å². The molecule has 0 aromatic rings. The van der Waals surface area contributed by atoms with Crippen molar-refractivity contribution in [1.29, 1.82) is 0 Å². The molecule has 0 amide bonds. The minimum absolute atomic E-state index is 0.111. The van der Waals surface area contributed by atoms with Crippen LogP contribution >= 0.6 is 37.9 Å². The third-order valence-electron chi connectivity index (χ3n) is 7.69. The van der Waals surface area contributed by atoms with Crippen LogP contribution in [0.1, 0.15) is 13.3 Å². The second-order valence-corrected chi connectivity index (χ2v) is 31.8. The molecule has 0 atom stereocenters. The van der Waals surface area contributed by atoms with Crippen LogP contribution in [0.3, 0.4) is 0 Å². The fraction of sp³-hybridized carbons (Fsp3) is 0.963. The Labute approximate surface area is 309 Å². The first-order valence-corrected chi connectivity index (χ1v) is 24.2. The largest absolute Gasteiger partial charge is 0.550 e. The maximum Gasteiger partial charge on any atom is 0.502 e. The molecule has 0 rings (SSSR count). The molecule has 18 nitrogen and oxygen atoms in total. The lowest BCUT2D eigenvalue weighted by atomic mass is 10.5. The van der Waals surface area contributed by atoms with Crippen LogP contribution in [0.25, 0.3) is 0 Å². The van der Waals surface area contributed by atoms with E-state index in [1.54, 1.807) is 0 Å². The Morgan fingerprint density at radius 1 is 0.380 bits per heavy atom. The number of hydrogen-bond donors (Lipinski definition) is 0. The molecule has 23 heteroatoms. The van der Waals surface area contributed by atoms with Gasteiger partial charge in [0.2, 0.25) is 30.0 Å². The number of carboxylic acid groups (broad SMARTS) is 1. The number of carboxylic acids is 1. The zero-order valence-corrected chi connectivity index (χ0v) is 40.9. The summed E-state index contributed by atoms with van der Waals surface area (Å²) < 4.78 is 51.2. The molecule has 50 heavy (non-hydrogen) atoms. The number of carbonyl (C=O) groups is 1. The van der Waals surface area contributed by atoms with Crippen LogP contribution in [0.2, 0.25) is 0 Å². The normalized spacial score (nSPS) is 14.1. The molecule has 0 bridgehead atoms. The SMILES string of the molecule is CCC(=O)[O-].CN(C)P(=N[P+](N=P(N(C)C)(N(C)C)N(C)C)(N=P(N(C)C)(N(C)C)N(C)C)N=P(N(C)C)(N(C)C)N(C)C)(N(C)C)N(C)C. The molecule has 302 valence electrons. The maximum atomic E-state index is 9.26. The summed E-state index contributed by atoms with van der Waals surface area (Å²) in [5.41, 5.74) is 0. The van der Waals surface area contributed by atoms with Crippen molar-refractivity contribution in [2.45, 2.75) is 13.3 Å². The van der Waals surface area contributed by atoms with Gasteiger partial charge in [-0.2, -0.15) is 0 Å². The highest BCUT2D eigenvalue weighted by Crippen LogP contribution is 2.86. The van der Waals surface area contributed by atoms with Crippen molar-refractivity contribution in [1.82, 2.24) is 56.0 Å². The molecule has 0 fully saturated rings. The highest BCUT2D eigenvalue weighted by atomic mass is 31.3. The second kappa shape index (κ2) is 20.9. The van der Waals surface area contributed by atoms with Crippen molar-refractivity contribution in [3.63, 3.8) is 0 Å². The lowest BCUT2D eigenvalue weighted by molar-refractivity contribution is -0.305. The number of rotatable bonds is 17. The molecule has 0 heterocycles. The summed E-state index contributed by atoms with van der Waals surface area (Å²) in [6.45, 7) is 1.54. The van der Waals surface area contributed by atoms with Gasteiger partial charge < -0.3 is 9.90 Å². The first-order chi connectivity index (χ1) is 22.4.